The zero-order valence-electron chi connectivity index (χ0n) is 8.90. The Morgan fingerprint density at radius 2 is 2.21 bits per heavy atom. The van der Waals surface area contributed by atoms with E-state index in [1.54, 1.807) is 20.4 Å². The first-order valence-electron chi connectivity index (χ1n) is 4.86. The lowest BCUT2D eigenvalue weighted by Gasteiger charge is -2.18. The molecule has 1 radical (unpaired) electrons. The van der Waals surface area contributed by atoms with Gasteiger partial charge in [-0.15, -0.1) is 0 Å². The minimum absolute atomic E-state index is 0.118. The first-order chi connectivity index (χ1) is 6.61. The van der Waals surface area contributed by atoms with Crippen LogP contribution in [0.5, 0.6) is 0 Å². The molecule has 0 saturated heterocycles. The second kappa shape index (κ2) is 4.94. The Morgan fingerprint density at radius 3 is 2.64 bits per heavy atom. The van der Waals surface area contributed by atoms with Crippen molar-refractivity contribution in [2.24, 2.45) is 5.92 Å². The van der Waals surface area contributed by atoms with Gasteiger partial charge < -0.3 is 4.79 Å². The molecule has 0 N–H and O–H groups in total. The summed E-state index contributed by atoms with van der Waals surface area (Å²) in [7, 11) is 1.77. The molecule has 0 amide bonds. The van der Waals surface area contributed by atoms with E-state index in [-0.39, 0.29) is 11.5 Å². The summed E-state index contributed by atoms with van der Waals surface area (Å²) in [5.74, 6) is 0.601. The minimum atomic E-state index is 0.118. The summed E-state index contributed by atoms with van der Waals surface area (Å²) in [4.78, 5) is 15.1. The van der Waals surface area contributed by atoms with Crippen LogP contribution in [0.2, 0.25) is 0 Å². The fourth-order valence-corrected chi connectivity index (χ4v) is 1.50. The quantitative estimate of drug-likeness (QED) is 0.676. The predicted molar refractivity (Wildman–Crippen MR) is 58.3 cm³/mol. The molecule has 0 aliphatic rings. The predicted octanol–water partition coefficient (Wildman–Crippen LogP) is 2.03. The molecule has 0 saturated carbocycles. The Hall–Kier alpha value is -1.12. The van der Waals surface area contributed by atoms with Crippen LogP contribution in [0.1, 0.15) is 32.2 Å². The van der Waals surface area contributed by atoms with E-state index in [1.165, 1.54) is 0 Å². The van der Waals surface area contributed by atoms with Crippen LogP contribution in [0.15, 0.2) is 24.5 Å². The van der Waals surface area contributed by atoms with Crippen LogP contribution in [0.4, 0.5) is 0 Å². The van der Waals surface area contributed by atoms with Crippen LogP contribution in [0.25, 0.3) is 0 Å². The van der Waals surface area contributed by atoms with Crippen molar-refractivity contribution < 1.29 is 4.79 Å². The Kier molecular flexibility index (Phi) is 3.87. The lowest BCUT2D eigenvalue weighted by Crippen LogP contribution is -2.20. The molecule has 1 rings (SSSR count). The summed E-state index contributed by atoms with van der Waals surface area (Å²) in [6, 6.07) is 3.91. The second-order valence-electron chi connectivity index (χ2n) is 3.83. The van der Waals surface area contributed by atoms with Gasteiger partial charge in [-0.3, -0.25) is 4.98 Å². The zero-order chi connectivity index (χ0) is 10.6. The number of pyridine rings is 1. The van der Waals surface area contributed by atoms with E-state index < -0.39 is 0 Å². The van der Waals surface area contributed by atoms with E-state index in [9.17, 15) is 4.79 Å². The van der Waals surface area contributed by atoms with Crippen LogP contribution in [0.3, 0.4) is 0 Å². The second-order valence-corrected chi connectivity index (χ2v) is 3.83. The van der Waals surface area contributed by atoms with Gasteiger partial charge in [0.1, 0.15) is 0 Å². The first-order valence-corrected chi connectivity index (χ1v) is 4.86. The van der Waals surface area contributed by atoms with Gasteiger partial charge in [-0.2, -0.15) is 0 Å². The summed E-state index contributed by atoms with van der Waals surface area (Å²) in [6.07, 6.45) is 3.57. The third-order valence-corrected chi connectivity index (χ3v) is 2.20. The molecular weight excluding hydrogens is 173 g/mol. The topological polar surface area (TPSA) is 30.0 Å². The SMILES string of the molecule is CC(=O)[B]C(c1cccnc1)C(C)C. The summed E-state index contributed by atoms with van der Waals surface area (Å²) in [5, 5.41) is 0. The molecule has 3 heteroatoms. The Balaban J connectivity index is 2.83. The third kappa shape index (κ3) is 2.98. The van der Waals surface area contributed by atoms with Gasteiger partial charge in [0, 0.05) is 12.4 Å². The average molecular weight is 188 g/mol. The Morgan fingerprint density at radius 1 is 1.50 bits per heavy atom. The molecule has 0 bridgehead atoms. The number of rotatable bonds is 4. The van der Waals surface area contributed by atoms with Gasteiger partial charge >= 0.3 is 0 Å². The number of aromatic nitrogens is 1. The summed E-state index contributed by atoms with van der Waals surface area (Å²) in [5.41, 5.74) is 1.23. The van der Waals surface area contributed by atoms with Crippen LogP contribution in [-0.2, 0) is 4.79 Å². The highest BCUT2D eigenvalue weighted by Crippen LogP contribution is 2.22. The molecule has 1 aromatic rings. The molecule has 1 aromatic heterocycles. The van der Waals surface area contributed by atoms with Gasteiger partial charge in [0.2, 0.25) is 7.28 Å². The van der Waals surface area contributed by atoms with E-state index >= 15 is 0 Å². The monoisotopic (exact) mass is 188 g/mol. The Bertz CT molecular complexity index is 297. The molecule has 14 heavy (non-hydrogen) atoms. The number of carbonyl (C=O) groups excluding carboxylic acids is 1. The lowest BCUT2D eigenvalue weighted by molar-refractivity contribution is -0.110. The van der Waals surface area contributed by atoms with E-state index in [2.05, 4.69) is 18.8 Å². The van der Waals surface area contributed by atoms with Crippen molar-refractivity contribution in [3.8, 4) is 0 Å². The van der Waals surface area contributed by atoms with Gasteiger partial charge in [-0.25, -0.2) is 0 Å². The summed E-state index contributed by atoms with van der Waals surface area (Å²) >= 11 is 0. The van der Waals surface area contributed by atoms with Gasteiger partial charge in [-0.05, 0) is 30.3 Å². The van der Waals surface area contributed by atoms with E-state index in [0.717, 1.165) is 5.56 Å². The molecule has 2 nitrogen and oxygen atoms in total. The van der Waals surface area contributed by atoms with Crippen LogP contribution < -0.4 is 0 Å². The maximum atomic E-state index is 11.1. The fraction of sp³-hybridized carbons (Fsp3) is 0.455. The number of hydrogen-bond acceptors (Lipinski definition) is 2. The molecule has 0 spiro atoms. The molecular formula is C11H15BNO. The van der Waals surface area contributed by atoms with Gasteiger partial charge in [0.15, 0.2) is 0 Å². The van der Waals surface area contributed by atoms with Gasteiger partial charge in [0.25, 0.3) is 0 Å². The van der Waals surface area contributed by atoms with Gasteiger partial charge in [-0.1, -0.05) is 19.9 Å². The molecule has 0 fully saturated rings. The summed E-state index contributed by atoms with van der Waals surface area (Å²) in [6.45, 7) is 5.81. The molecule has 1 unspecified atom stereocenters. The average Bonchev–Trinajstić information content (AvgIpc) is 2.15. The number of carbonyl (C=O) groups is 1. The smallest absolute Gasteiger partial charge is 0.210 e. The van der Waals surface area contributed by atoms with E-state index in [0.29, 0.717) is 5.92 Å². The molecule has 0 aliphatic heterocycles. The van der Waals surface area contributed by atoms with Crippen LogP contribution in [-0.4, -0.2) is 17.9 Å². The van der Waals surface area contributed by atoms with Crippen molar-refractivity contribution in [3.63, 3.8) is 0 Å². The van der Waals surface area contributed by atoms with Crippen molar-refractivity contribution in [2.45, 2.75) is 26.6 Å². The minimum Gasteiger partial charge on any atom is -0.312 e. The van der Waals surface area contributed by atoms with Crippen LogP contribution in [0, 0.1) is 5.92 Å². The first kappa shape index (κ1) is 11.0. The molecule has 1 atom stereocenters. The van der Waals surface area contributed by atoms with Crippen molar-refractivity contribution in [3.05, 3.63) is 30.1 Å². The van der Waals surface area contributed by atoms with Crippen molar-refractivity contribution in [1.29, 1.82) is 0 Å². The highest BCUT2D eigenvalue weighted by atomic mass is 16.1. The molecule has 0 aliphatic carbocycles. The van der Waals surface area contributed by atoms with Crippen molar-refractivity contribution >= 4 is 13.0 Å². The Labute approximate surface area is 86.0 Å². The normalized spacial score (nSPS) is 12.6. The summed E-state index contributed by atoms with van der Waals surface area (Å²) < 4.78 is 0. The largest absolute Gasteiger partial charge is 0.312 e. The maximum Gasteiger partial charge on any atom is 0.210 e. The highest BCUT2D eigenvalue weighted by Gasteiger charge is 2.19. The number of nitrogens with zero attached hydrogens (tertiary/aromatic N) is 1. The van der Waals surface area contributed by atoms with Crippen molar-refractivity contribution in [2.75, 3.05) is 0 Å². The van der Waals surface area contributed by atoms with E-state index in [1.807, 2.05) is 18.3 Å². The van der Waals surface area contributed by atoms with Crippen LogP contribution >= 0.6 is 0 Å². The fourth-order valence-electron chi connectivity index (χ4n) is 1.50. The highest BCUT2D eigenvalue weighted by molar-refractivity contribution is 6.74. The molecule has 1 heterocycles. The zero-order valence-corrected chi connectivity index (χ0v) is 8.90. The van der Waals surface area contributed by atoms with E-state index in [4.69, 9.17) is 0 Å². The molecule has 0 aromatic carbocycles. The molecule has 73 valence electrons. The number of hydrogen-bond donors (Lipinski definition) is 0. The standard InChI is InChI=1S/C11H15BNO/c1-8(2)11(12-9(3)14)10-5-4-6-13-7-10/h4-8,11H,1-3H3. The van der Waals surface area contributed by atoms with Crippen molar-refractivity contribution in [1.82, 2.24) is 4.98 Å². The third-order valence-electron chi connectivity index (χ3n) is 2.20. The maximum absolute atomic E-state index is 11.1. The lowest BCUT2D eigenvalue weighted by atomic mass is 9.55. The van der Waals surface area contributed by atoms with Gasteiger partial charge in [0.05, 0.1) is 5.68 Å².